The van der Waals surface area contributed by atoms with Crippen molar-refractivity contribution in [2.24, 2.45) is 0 Å². The maximum Gasteiger partial charge on any atom is 0.105 e. The van der Waals surface area contributed by atoms with Gasteiger partial charge in [-0.25, -0.2) is 0 Å². The van der Waals surface area contributed by atoms with Crippen molar-refractivity contribution in [1.82, 2.24) is 0 Å². The summed E-state index contributed by atoms with van der Waals surface area (Å²) < 4.78 is 0. The standard InChI is InChI=1S/C18H17NO/c1-12-9-10-13-5-2-3-8-16(13)17(12)18(20)14-6-4-7-15(19)11-14/h2-11,18,20H,19H2,1H3/t18-/m0/s1. The molecule has 0 aliphatic carbocycles. The van der Waals surface area contributed by atoms with Crippen molar-refractivity contribution in [2.75, 3.05) is 5.73 Å². The molecule has 3 N–H and O–H groups in total. The van der Waals surface area contributed by atoms with Gasteiger partial charge in [-0.1, -0.05) is 48.5 Å². The Hall–Kier alpha value is -2.32. The van der Waals surface area contributed by atoms with Crippen LogP contribution in [0.3, 0.4) is 0 Å². The zero-order valence-electron chi connectivity index (χ0n) is 11.4. The van der Waals surface area contributed by atoms with Crippen molar-refractivity contribution in [3.8, 4) is 0 Å². The SMILES string of the molecule is Cc1ccc2ccccc2c1[C@@H](O)c1cccc(N)c1. The Balaban J connectivity index is 2.21. The van der Waals surface area contributed by atoms with Gasteiger partial charge in [-0.15, -0.1) is 0 Å². The predicted octanol–water partition coefficient (Wildman–Crippen LogP) is 3.81. The van der Waals surface area contributed by atoms with Gasteiger partial charge in [-0.3, -0.25) is 0 Å². The fourth-order valence-corrected chi connectivity index (χ4v) is 2.66. The largest absolute Gasteiger partial charge is 0.399 e. The normalized spacial score (nSPS) is 12.5. The Labute approximate surface area is 118 Å². The molecule has 0 aliphatic heterocycles. The minimum absolute atomic E-state index is 0.662. The molecule has 0 aromatic heterocycles. The third-order valence-electron chi connectivity index (χ3n) is 3.69. The fraction of sp³-hybridized carbons (Fsp3) is 0.111. The summed E-state index contributed by atoms with van der Waals surface area (Å²) in [6.45, 7) is 2.03. The van der Waals surface area contributed by atoms with Gasteiger partial charge in [0.1, 0.15) is 6.10 Å². The maximum absolute atomic E-state index is 10.7. The summed E-state index contributed by atoms with van der Waals surface area (Å²) >= 11 is 0. The molecular formula is C18H17NO. The van der Waals surface area contributed by atoms with Crippen LogP contribution in [0.15, 0.2) is 60.7 Å². The van der Waals surface area contributed by atoms with Crippen LogP contribution in [-0.2, 0) is 0 Å². The second kappa shape index (κ2) is 4.99. The Morgan fingerprint density at radius 3 is 2.55 bits per heavy atom. The first-order chi connectivity index (χ1) is 9.66. The molecule has 0 bridgehead atoms. The van der Waals surface area contributed by atoms with E-state index in [0.29, 0.717) is 5.69 Å². The number of anilines is 1. The molecule has 100 valence electrons. The number of aryl methyl sites for hydroxylation is 1. The summed E-state index contributed by atoms with van der Waals surface area (Å²) in [5.74, 6) is 0. The number of nitrogen functional groups attached to an aromatic ring is 1. The summed E-state index contributed by atoms with van der Waals surface area (Å²) in [4.78, 5) is 0. The molecule has 0 saturated heterocycles. The van der Waals surface area contributed by atoms with E-state index < -0.39 is 6.10 Å². The number of hydrogen-bond donors (Lipinski definition) is 2. The average molecular weight is 263 g/mol. The number of aliphatic hydroxyl groups is 1. The van der Waals surface area contributed by atoms with E-state index in [2.05, 4.69) is 12.1 Å². The Kier molecular flexibility index (Phi) is 3.17. The summed E-state index contributed by atoms with van der Waals surface area (Å²) in [5, 5.41) is 13.0. The summed E-state index contributed by atoms with van der Waals surface area (Å²) in [6, 6.07) is 19.7. The lowest BCUT2D eigenvalue weighted by atomic mass is 9.92. The highest BCUT2D eigenvalue weighted by atomic mass is 16.3. The highest BCUT2D eigenvalue weighted by Crippen LogP contribution is 2.32. The number of rotatable bonds is 2. The lowest BCUT2D eigenvalue weighted by Crippen LogP contribution is -2.03. The van der Waals surface area contributed by atoms with Crippen LogP contribution in [0.1, 0.15) is 22.8 Å². The number of benzene rings is 3. The second-order valence-electron chi connectivity index (χ2n) is 5.09. The van der Waals surface area contributed by atoms with Gasteiger partial charge in [0.25, 0.3) is 0 Å². The molecule has 0 saturated carbocycles. The molecule has 0 unspecified atom stereocenters. The molecule has 0 spiro atoms. The summed E-state index contributed by atoms with van der Waals surface area (Å²) in [6.07, 6.45) is -0.662. The molecular weight excluding hydrogens is 246 g/mol. The summed E-state index contributed by atoms with van der Waals surface area (Å²) in [5.41, 5.74) is 9.34. The highest BCUT2D eigenvalue weighted by Gasteiger charge is 2.16. The van der Waals surface area contributed by atoms with E-state index in [1.165, 1.54) is 0 Å². The first-order valence-electron chi connectivity index (χ1n) is 6.68. The van der Waals surface area contributed by atoms with Crippen LogP contribution < -0.4 is 5.73 Å². The molecule has 0 amide bonds. The lowest BCUT2D eigenvalue weighted by molar-refractivity contribution is 0.221. The fourth-order valence-electron chi connectivity index (χ4n) is 2.66. The molecule has 3 aromatic rings. The lowest BCUT2D eigenvalue weighted by Gasteiger charge is -2.17. The van der Waals surface area contributed by atoms with E-state index in [9.17, 15) is 5.11 Å². The predicted molar refractivity (Wildman–Crippen MR) is 83.6 cm³/mol. The molecule has 0 aliphatic rings. The minimum atomic E-state index is -0.662. The van der Waals surface area contributed by atoms with Gasteiger partial charge in [0.05, 0.1) is 0 Å². The minimum Gasteiger partial charge on any atom is -0.399 e. The monoisotopic (exact) mass is 263 g/mol. The molecule has 2 nitrogen and oxygen atoms in total. The van der Waals surface area contributed by atoms with Gasteiger partial charge in [-0.05, 0) is 46.5 Å². The Morgan fingerprint density at radius 2 is 1.75 bits per heavy atom. The topological polar surface area (TPSA) is 46.2 Å². The first kappa shape index (κ1) is 12.7. The van der Waals surface area contributed by atoms with Crippen LogP contribution >= 0.6 is 0 Å². The van der Waals surface area contributed by atoms with E-state index in [1.54, 1.807) is 0 Å². The smallest absolute Gasteiger partial charge is 0.105 e. The highest BCUT2D eigenvalue weighted by molar-refractivity contribution is 5.87. The Morgan fingerprint density at radius 1 is 0.950 bits per heavy atom. The second-order valence-corrected chi connectivity index (χ2v) is 5.09. The molecule has 3 rings (SSSR count). The third kappa shape index (κ3) is 2.15. The molecule has 1 atom stereocenters. The van der Waals surface area contributed by atoms with Crippen molar-refractivity contribution in [1.29, 1.82) is 0 Å². The van der Waals surface area contributed by atoms with Crippen LogP contribution in [0, 0.1) is 6.92 Å². The quantitative estimate of drug-likeness (QED) is 0.691. The van der Waals surface area contributed by atoms with E-state index in [4.69, 9.17) is 5.73 Å². The molecule has 3 aromatic carbocycles. The number of nitrogens with two attached hydrogens (primary N) is 1. The Bertz CT molecular complexity index is 764. The van der Waals surface area contributed by atoms with Crippen molar-refractivity contribution in [2.45, 2.75) is 13.0 Å². The van der Waals surface area contributed by atoms with Crippen LogP contribution in [-0.4, -0.2) is 5.11 Å². The molecule has 0 fully saturated rings. The van der Waals surface area contributed by atoms with E-state index in [1.807, 2.05) is 55.5 Å². The van der Waals surface area contributed by atoms with Crippen molar-refractivity contribution in [3.63, 3.8) is 0 Å². The van der Waals surface area contributed by atoms with Crippen molar-refractivity contribution >= 4 is 16.5 Å². The van der Waals surface area contributed by atoms with Gasteiger partial charge in [-0.2, -0.15) is 0 Å². The third-order valence-corrected chi connectivity index (χ3v) is 3.69. The van der Waals surface area contributed by atoms with Gasteiger partial charge >= 0.3 is 0 Å². The van der Waals surface area contributed by atoms with E-state index in [0.717, 1.165) is 27.5 Å². The van der Waals surface area contributed by atoms with Gasteiger partial charge < -0.3 is 10.8 Å². The first-order valence-corrected chi connectivity index (χ1v) is 6.68. The molecule has 2 heteroatoms. The van der Waals surface area contributed by atoms with Crippen molar-refractivity contribution in [3.05, 3.63) is 77.4 Å². The number of fused-ring (bicyclic) bond motifs is 1. The zero-order chi connectivity index (χ0) is 14.1. The van der Waals surface area contributed by atoms with Gasteiger partial charge in [0.2, 0.25) is 0 Å². The van der Waals surface area contributed by atoms with E-state index >= 15 is 0 Å². The zero-order valence-corrected chi connectivity index (χ0v) is 11.4. The van der Waals surface area contributed by atoms with Gasteiger partial charge in [0.15, 0.2) is 0 Å². The van der Waals surface area contributed by atoms with Crippen LogP contribution in [0.25, 0.3) is 10.8 Å². The molecule has 0 heterocycles. The van der Waals surface area contributed by atoms with Gasteiger partial charge in [0, 0.05) is 5.69 Å². The average Bonchev–Trinajstić information content (AvgIpc) is 2.46. The van der Waals surface area contributed by atoms with Crippen LogP contribution in [0.4, 0.5) is 5.69 Å². The van der Waals surface area contributed by atoms with Crippen LogP contribution in [0.2, 0.25) is 0 Å². The van der Waals surface area contributed by atoms with E-state index in [-0.39, 0.29) is 0 Å². The maximum atomic E-state index is 10.7. The number of aliphatic hydroxyl groups excluding tert-OH is 1. The summed E-state index contributed by atoms with van der Waals surface area (Å²) in [7, 11) is 0. The molecule has 0 radical (unpaired) electrons. The van der Waals surface area contributed by atoms with Crippen LogP contribution in [0.5, 0.6) is 0 Å². The van der Waals surface area contributed by atoms with Crippen molar-refractivity contribution < 1.29 is 5.11 Å². The molecule has 20 heavy (non-hydrogen) atoms. The number of hydrogen-bond acceptors (Lipinski definition) is 2.